The highest BCUT2D eigenvalue weighted by Crippen LogP contribution is 2.34. The predicted molar refractivity (Wildman–Crippen MR) is 116 cm³/mol. The number of rotatable bonds is 5. The van der Waals surface area contributed by atoms with Gasteiger partial charge in [-0.25, -0.2) is 0 Å². The van der Waals surface area contributed by atoms with Gasteiger partial charge in [0.25, 0.3) is 0 Å². The van der Waals surface area contributed by atoms with Gasteiger partial charge in [0.1, 0.15) is 0 Å². The van der Waals surface area contributed by atoms with Gasteiger partial charge < -0.3 is 10.2 Å². The Kier molecular flexibility index (Phi) is 5.54. The third-order valence-electron chi connectivity index (χ3n) is 4.93. The van der Waals surface area contributed by atoms with Crippen LogP contribution in [-0.4, -0.2) is 43.3 Å². The van der Waals surface area contributed by atoms with E-state index in [1.165, 1.54) is 24.2 Å². The Morgan fingerprint density at radius 2 is 2.00 bits per heavy atom. The van der Waals surface area contributed by atoms with Gasteiger partial charge in [-0.15, -0.1) is 5.10 Å². The Balaban J connectivity index is 1.54. The van der Waals surface area contributed by atoms with E-state index in [-0.39, 0.29) is 23.1 Å². The van der Waals surface area contributed by atoms with E-state index in [9.17, 15) is 9.59 Å². The lowest BCUT2D eigenvalue weighted by Crippen LogP contribution is -2.40. The number of nitrogens with zero attached hydrogens (tertiary/aromatic N) is 5. The molecule has 0 spiro atoms. The van der Waals surface area contributed by atoms with Crippen LogP contribution in [0.4, 0.5) is 11.4 Å². The van der Waals surface area contributed by atoms with Gasteiger partial charge in [-0.3, -0.25) is 9.59 Å². The summed E-state index contributed by atoms with van der Waals surface area (Å²) in [5.41, 5.74) is 3.52. The molecule has 1 aliphatic heterocycles. The average Bonchev–Trinajstić information content (AvgIpc) is 3.30. The van der Waals surface area contributed by atoms with E-state index in [2.05, 4.69) is 33.8 Å². The Morgan fingerprint density at radius 1 is 1.20 bits per heavy atom. The molecule has 2 unspecified atom stereocenters. The van der Waals surface area contributed by atoms with Crippen molar-refractivity contribution >= 4 is 35.0 Å². The van der Waals surface area contributed by atoms with Crippen molar-refractivity contribution in [3.63, 3.8) is 0 Å². The van der Waals surface area contributed by atoms with Crippen LogP contribution < -0.4 is 10.2 Å². The zero-order valence-electron chi connectivity index (χ0n) is 16.9. The van der Waals surface area contributed by atoms with Crippen LogP contribution in [-0.2, 0) is 16.0 Å². The second-order valence-corrected chi connectivity index (χ2v) is 8.56. The molecule has 154 valence electrons. The standard InChI is InChI=1S/C21H22N6O2S/c1-13-11-16-7-4-5-10-19(16)26(13)20(29)14(2)30-21-23-24-25-27(21)18-9-6-8-17(12-18)22-15(3)28/h4-10,12-14H,11H2,1-3H3,(H,22,28). The summed E-state index contributed by atoms with van der Waals surface area (Å²) in [6.07, 6.45) is 0.854. The van der Waals surface area contributed by atoms with Crippen molar-refractivity contribution in [2.75, 3.05) is 10.2 Å². The zero-order chi connectivity index (χ0) is 21.3. The first-order valence-corrected chi connectivity index (χ1v) is 10.6. The van der Waals surface area contributed by atoms with E-state index in [1.807, 2.05) is 42.2 Å². The SMILES string of the molecule is CC(=O)Nc1cccc(-n2nnnc2SC(C)C(=O)N2c3ccccc3CC2C)c1. The van der Waals surface area contributed by atoms with Crippen LogP contribution in [0.5, 0.6) is 0 Å². The second-order valence-electron chi connectivity index (χ2n) is 7.25. The van der Waals surface area contributed by atoms with Crippen LogP contribution in [0, 0.1) is 0 Å². The molecule has 2 amide bonds. The van der Waals surface area contributed by atoms with Gasteiger partial charge >= 0.3 is 0 Å². The number of hydrogen-bond donors (Lipinski definition) is 1. The molecule has 3 aromatic rings. The van der Waals surface area contributed by atoms with Crippen molar-refractivity contribution in [2.24, 2.45) is 0 Å². The van der Waals surface area contributed by atoms with Crippen LogP contribution in [0.2, 0.25) is 0 Å². The quantitative estimate of drug-likeness (QED) is 0.635. The van der Waals surface area contributed by atoms with Gasteiger partial charge in [0.15, 0.2) is 0 Å². The molecule has 2 heterocycles. The van der Waals surface area contributed by atoms with Gasteiger partial charge in [0, 0.05) is 24.3 Å². The first kappa shape index (κ1) is 20.1. The molecule has 0 fully saturated rings. The number of thioether (sulfide) groups is 1. The molecule has 30 heavy (non-hydrogen) atoms. The first-order chi connectivity index (χ1) is 14.4. The third kappa shape index (κ3) is 3.93. The topological polar surface area (TPSA) is 93.0 Å². The van der Waals surface area contributed by atoms with E-state index in [4.69, 9.17) is 0 Å². The molecule has 4 rings (SSSR count). The van der Waals surface area contributed by atoms with Crippen LogP contribution in [0.15, 0.2) is 53.7 Å². The second kappa shape index (κ2) is 8.27. The van der Waals surface area contributed by atoms with Crippen molar-refractivity contribution < 1.29 is 9.59 Å². The largest absolute Gasteiger partial charge is 0.326 e. The van der Waals surface area contributed by atoms with Crippen molar-refractivity contribution in [1.82, 2.24) is 20.2 Å². The lowest BCUT2D eigenvalue weighted by atomic mass is 10.1. The minimum absolute atomic E-state index is 0.0268. The summed E-state index contributed by atoms with van der Waals surface area (Å²) >= 11 is 1.31. The lowest BCUT2D eigenvalue weighted by Gasteiger charge is -2.25. The maximum atomic E-state index is 13.2. The van der Waals surface area contributed by atoms with E-state index in [0.29, 0.717) is 16.5 Å². The number of anilines is 2. The number of carbonyl (C=O) groups excluding carboxylic acids is 2. The number of tetrazole rings is 1. The van der Waals surface area contributed by atoms with Gasteiger partial charge in [-0.1, -0.05) is 36.0 Å². The van der Waals surface area contributed by atoms with E-state index < -0.39 is 0 Å². The number of amides is 2. The fourth-order valence-electron chi connectivity index (χ4n) is 3.64. The maximum Gasteiger partial charge on any atom is 0.240 e. The van der Waals surface area contributed by atoms with Crippen LogP contribution in [0.1, 0.15) is 26.3 Å². The number of aromatic nitrogens is 4. The van der Waals surface area contributed by atoms with Gasteiger partial charge in [0.2, 0.25) is 17.0 Å². The Morgan fingerprint density at radius 3 is 2.80 bits per heavy atom. The zero-order valence-corrected chi connectivity index (χ0v) is 17.8. The fourth-order valence-corrected chi connectivity index (χ4v) is 4.49. The number of para-hydroxylation sites is 1. The number of hydrogen-bond acceptors (Lipinski definition) is 6. The third-order valence-corrected chi connectivity index (χ3v) is 5.95. The molecule has 0 bridgehead atoms. The molecule has 2 atom stereocenters. The minimum Gasteiger partial charge on any atom is -0.326 e. The molecule has 0 radical (unpaired) electrons. The lowest BCUT2D eigenvalue weighted by molar-refractivity contribution is -0.118. The molecule has 0 saturated heterocycles. The monoisotopic (exact) mass is 422 g/mol. The minimum atomic E-state index is -0.373. The highest BCUT2D eigenvalue weighted by Gasteiger charge is 2.34. The predicted octanol–water partition coefficient (Wildman–Crippen LogP) is 3.08. The van der Waals surface area contributed by atoms with E-state index >= 15 is 0 Å². The van der Waals surface area contributed by atoms with Crippen molar-refractivity contribution in [1.29, 1.82) is 0 Å². The maximum absolute atomic E-state index is 13.2. The van der Waals surface area contributed by atoms with E-state index in [0.717, 1.165) is 12.1 Å². The molecule has 1 aromatic heterocycles. The average molecular weight is 423 g/mol. The fraction of sp³-hybridized carbons (Fsp3) is 0.286. The van der Waals surface area contributed by atoms with Gasteiger partial charge in [-0.05, 0) is 60.5 Å². The normalized spacial score (nSPS) is 16.2. The molecule has 1 aliphatic rings. The summed E-state index contributed by atoms with van der Waals surface area (Å²) in [6, 6.07) is 15.4. The molecule has 8 nitrogen and oxygen atoms in total. The number of nitrogens with one attached hydrogen (secondary N) is 1. The molecule has 2 aromatic carbocycles. The highest BCUT2D eigenvalue weighted by atomic mass is 32.2. The number of fused-ring (bicyclic) bond motifs is 1. The van der Waals surface area contributed by atoms with Crippen molar-refractivity contribution in [3.05, 3.63) is 54.1 Å². The molecule has 1 N–H and O–H groups in total. The molecular formula is C21H22N6O2S. The molecular weight excluding hydrogens is 400 g/mol. The Hall–Kier alpha value is -3.20. The van der Waals surface area contributed by atoms with E-state index in [1.54, 1.807) is 16.8 Å². The first-order valence-electron chi connectivity index (χ1n) is 9.68. The van der Waals surface area contributed by atoms with Crippen LogP contribution >= 0.6 is 11.8 Å². The molecule has 0 saturated carbocycles. The van der Waals surface area contributed by atoms with Gasteiger partial charge in [-0.2, -0.15) is 4.68 Å². The van der Waals surface area contributed by atoms with Crippen LogP contribution in [0.25, 0.3) is 5.69 Å². The number of benzene rings is 2. The summed E-state index contributed by atoms with van der Waals surface area (Å²) in [7, 11) is 0. The summed E-state index contributed by atoms with van der Waals surface area (Å²) in [5, 5.41) is 14.8. The Bertz CT molecular complexity index is 1100. The summed E-state index contributed by atoms with van der Waals surface area (Å²) in [6.45, 7) is 5.38. The smallest absolute Gasteiger partial charge is 0.240 e. The summed E-state index contributed by atoms with van der Waals surface area (Å²) < 4.78 is 1.57. The summed E-state index contributed by atoms with van der Waals surface area (Å²) in [4.78, 5) is 26.5. The molecule has 0 aliphatic carbocycles. The summed E-state index contributed by atoms with van der Waals surface area (Å²) in [5.74, 6) is -0.128. The van der Waals surface area contributed by atoms with Crippen molar-refractivity contribution in [2.45, 2.75) is 43.6 Å². The number of carbonyl (C=O) groups is 2. The van der Waals surface area contributed by atoms with Crippen LogP contribution in [0.3, 0.4) is 0 Å². The highest BCUT2D eigenvalue weighted by molar-refractivity contribution is 8.00. The Labute approximate surface area is 178 Å². The van der Waals surface area contributed by atoms with Gasteiger partial charge in [0.05, 0.1) is 10.9 Å². The molecule has 9 heteroatoms. The van der Waals surface area contributed by atoms with Crippen molar-refractivity contribution in [3.8, 4) is 5.69 Å².